The summed E-state index contributed by atoms with van der Waals surface area (Å²) in [4.78, 5) is 0. The Hall–Kier alpha value is -0.450. The van der Waals surface area contributed by atoms with Crippen molar-refractivity contribution in [3.05, 3.63) is 34.1 Å². The van der Waals surface area contributed by atoms with E-state index in [1.54, 1.807) is 6.07 Å². The Kier molecular flexibility index (Phi) is 4.47. The minimum atomic E-state index is -0.569. The lowest BCUT2D eigenvalue weighted by Crippen LogP contribution is -2.46. The summed E-state index contributed by atoms with van der Waals surface area (Å²) in [7, 11) is 0. The number of benzene rings is 1. The van der Waals surface area contributed by atoms with Crippen LogP contribution >= 0.6 is 15.9 Å². The van der Waals surface area contributed by atoms with Crippen LogP contribution in [0.2, 0.25) is 0 Å². The minimum absolute atomic E-state index is 0.0462. The van der Waals surface area contributed by atoms with Gasteiger partial charge in [0.25, 0.3) is 0 Å². The summed E-state index contributed by atoms with van der Waals surface area (Å²) in [5.41, 5.74) is 0.283. The average Bonchev–Trinajstić information content (AvgIpc) is 2.16. The van der Waals surface area contributed by atoms with Crippen LogP contribution in [0.3, 0.4) is 0 Å². The van der Waals surface area contributed by atoms with Crippen molar-refractivity contribution in [2.75, 3.05) is 6.61 Å². The summed E-state index contributed by atoms with van der Waals surface area (Å²) in [6.45, 7) is 5.86. The van der Waals surface area contributed by atoms with Gasteiger partial charge in [-0.2, -0.15) is 0 Å². The summed E-state index contributed by atoms with van der Waals surface area (Å²) in [6.07, 6.45) is 0. The van der Waals surface area contributed by atoms with Gasteiger partial charge in [-0.05, 0) is 38.5 Å². The molecule has 2 nitrogen and oxygen atoms in total. The standard InChI is InChI=1S/C12H17BrFNO/c1-8(2)15-12(3,7-16)10-5-4-9(14)6-11(10)13/h4-6,8,15-16H,7H2,1-3H3. The van der Waals surface area contributed by atoms with Gasteiger partial charge < -0.3 is 10.4 Å². The SMILES string of the molecule is CC(C)NC(C)(CO)c1ccc(F)cc1Br. The van der Waals surface area contributed by atoms with E-state index in [1.807, 2.05) is 20.8 Å². The summed E-state index contributed by atoms with van der Waals surface area (Å²) >= 11 is 3.32. The van der Waals surface area contributed by atoms with Crippen LogP contribution in [0.15, 0.2) is 22.7 Å². The molecule has 0 heterocycles. The van der Waals surface area contributed by atoms with E-state index in [9.17, 15) is 9.50 Å². The number of aliphatic hydroxyl groups is 1. The van der Waals surface area contributed by atoms with Crippen molar-refractivity contribution in [1.82, 2.24) is 5.32 Å². The van der Waals surface area contributed by atoms with E-state index in [-0.39, 0.29) is 18.5 Å². The van der Waals surface area contributed by atoms with Crippen LogP contribution in [0.5, 0.6) is 0 Å². The lowest BCUT2D eigenvalue weighted by atomic mass is 9.92. The number of rotatable bonds is 4. The van der Waals surface area contributed by atoms with Crippen LogP contribution in [0, 0.1) is 5.82 Å². The van der Waals surface area contributed by atoms with Crippen LogP contribution in [0.25, 0.3) is 0 Å². The van der Waals surface area contributed by atoms with E-state index in [0.29, 0.717) is 4.47 Å². The maximum Gasteiger partial charge on any atom is 0.124 e. The fourth-order valence-corrected chi connectivity index (χ4v) is 2.57. The molecule has 1 atom stereocenters. The van der Waals surface area contributed by atoms with Gasteiger partial charge in [-0.1, -0.05) is 22.0 Å². The normalized spacial score (nSPS) is 15.2. The highest BCUT2D eigenvalue weighted by Gasteiger charge is 2.28. The predicted octanol–water partition coefficient (Wildman–Crippen LogP) is 2.79. The monoisotopic (exact) mass is 289 g/mol. The second kappa shape index (κ2) is 5.25. The van der Waals surface area contributed by atoms with Gasteiger partial charge in [0.05, 0.1) is 12.1 Å². The molecule has 0 bridgehead atoms. The molecule has 0 saturated heterocycles. The molecule has 0 spiro atoms. The van der Waals surface area contributed by atoms with Crippen LogP contribution in [-0.4, -0.2) is 17.8 Å². The van der Waals surface area contributed by atoms with Crippen molar-refractivity contribution in [1.29, 1.82) is 0 Å². The molecule has 1 unspecified atom stereocenters. The summed E-state index contributed by atoms with van der Waals surface area (Å²) < 4.78 is 13.7. The summed E-state index contributed by atoms with van der Waals surface area (Å²) in [6, 6.07) is 4.72. The molecule has 1 rings (SSSR count). The van der Waals surface area contributed by atoms with E-state index in [2.05, 4.69) is 21.2 Å². The molecule has 1 aromatic rings. The Bertz CT molecular complexity index is 370. The highest BCUT2D eigenvalue weighted by atomic mass is 79.9. The lowest BCUT2D eigenvalue weighted by Gasteiger charge is -2.32. The number of hydrogen-bond acceptors (Lipinski definition) is 2. The second-order valence-electron chi connectivity index (χ2n) is 4.41. The Morgan fingerprint density at radius 3 is 2.56 bits per heavy atom. The molecule has 4 heteroatoms. The first-order valence-corrected chi connectivity index (χ1v) is 6.02. The first-order chi connectivity index (χ1) is 7.39. The van der Waals surface area contributed by atoms with Crippen LogP contribution in [-0.2, 0) is 5.54 Å². The molecule has 1 aromatic carbocycles. The Labute approximate surface area is 104 Å². The molecule has 0 radical (unpaired) electrons. The third-order valence-electron chi connectivity index (χ3n) is 2.45. The maximum absolute atomic E-state index is 13.0. The highest BCUT2D eigenvalue weighted by Crippen LogP contribution is 2.29. The molecule has 0 aliphatic heterocycles. The fourth-order valence-electron chi connectivity index (χ4n) is 1.78. The zero-order valence-corrected chi connectivity index (χ0v) is 11.3. The fraction of sp³-hybridized carbons (Fsp3) is 0.500. The minimum Gasteiger partial charge on any atom is -0.394 e. The number of aliphatic hydroxyl groups excluding tert-OH is 1. The van der Waals surface area contributed by atoms with E-state index < -0.39 is 5.54 Å². The largest absolute Gasteiger partial charge is 0.394 e. The van der Waals surface area contributed by atoms with Crippen molar-refractivity contribution in [3.63, 3.8) is 0 Å². The predicted molar refractivity (Wildman–Crippen MR) is 66.8 cm³/mol. The third-order valence-corrected chi connectivity index (χ3v) is 3.11. The highest BCUT2D eigenvalue weighted by molar-refractivity contribution is 9.10. The zero-order valence-electron chi connectivity index (χ0n) is 9.72. The first kappa shape index (κ1) is 13.6. The Morgan fingerprint density at radius 2 is 2.12 bits per heavy atom. The number of halogens is 2. The smallest absolute Gasteiger partial charge is 0.124 e. The van der Waals surface area contributed by atoms with Gasteiger partial charge >= 0.3 is 0 Å². The molecule has 0 fully saturated rings. The zero-order chi connectivity index (χ0) is 12.3. The summed E-state index contributed by atoms with van der Waals surface area (Å²) in [5, 5.41) is 12.8. The Morgan fingerprint density at radius 1 is 1.50 bits per heavy atom. The average molecular weight is 290 g/mol. The van der Waals surface area contributed by atoms with Crippen molar-refractivity contribution >= 4 is 15.9 Å². The van der Waals surface area contributed by atoms with E-state index >= 15 is 0 Å². The van der Waals surface area contributed by atoms with E-state index in [1.165, 1.54) is 12.1 Å². The van der Waals surface area contributed by atoms with Gasteiger partial charge in [-0.25, -0.2) is 4.39 Å². The molecule has 0 aromatic heterocycles. The van der Waals surface area contributed by atoms with Gasteiger partial charge in [0.15, 0.2) is 0 Å². The second-order valence-corrected chi connectivity index (χ2v) is 5.27. The lowest BCUT2D eigenvalue weighted by molar-refractivity contribution is 0.165. The molecule has 0 aliphatic rings. The molecule has 0 saturated carbocycles. The molecule has 0 amide bonds. The van der Waals surface area contributed by atoms with Crippen molar-refractivity contribution < 1.29 is 9.50 Å². The Balaban J connectivity index is 3.12. The van der Waals surface area contributed by atoms with Crippen molar-refractivity contribution in [2.24, 2.45) is 0 Å². The quantitative estimate of drug-likeness (QED) is 0.893. The van der Waals surface area contributed by atoms with Crippen LogP contribution in [0.4, 0.5) is 4.39 Å². The summed E-state index contributed by atoms with van der Waals surface area (Å²) in [5.74, 6) is -0.291. The first-order valence-electron chi connectivity index (χ1n) is 5.23. The van der Waals surface area contributed by atoms with Crippen LogP contribution in [0.1, 0.15) is 26.3 Å². The van der Waals surface area contributed by atoms with Crippen molar-refractivity contribution in [2.45, 2.75) is 32.4 Å². The van der Waals surface area contributed by atoms with Crippen molar-refractivity contribution in [3.8, 4) is 0 Å². The van der Waals surface area contributed by atoms with Gasteiger partial charge in [0.2, 0.25) is 0 Å². The van der Waals surface area contributed by atoms with Crippen LogP contribution < -0.4 is 5.32 Å². The van der Waals surface area contributed by atoms with Gasteiger partial charge in [0.1, 0.15) is 5.82 Å². The van der Waals surface area contributed by atoms with E-state index in [0.717, 1.165) is 5.56 Å². The molecule has 2 N–H and O–H groups in total. The molecule has 90 valence electrons. The van der Waals surface area contributed by atoms with Gasteiger partial charge in [-0.15, -0.1) is 0 Å². The topological polar surface area (TPSA) is 32.3 Å². The molecule has 16 heavy (non-hydrogen) atoms. The molecular formula is C12H17BrFNO. The number of hydrogen-bond donors (Lipinski definition) is 2. The van der Waals surface area contributed by atoms with Gasteiger partial charge in [0, 0.05) is 10.5 Å². The maximum atomic E-state index is 13.0. The van der Waals surface area contributed by atoms with Gasteiger partial charge in [-0.3, -0.25) is 0 Å². The molecular weight excluding hydrogens is 273 g/mol. The third kappa shape index (κ3) is 3.03. The molecule has 0 aliphatic carbocycles. The van der Waals surface area contributed by atoms with E-state index in [4.69, 9.17) is 0 Å². The number of nitrogens with one attached hydrogen (secondary N) is 1.